The molecule has 0 bridgehead atoms. The number of nitrogens with one attached hydrogen (secondary N) is 1. The predicted molar refractivity (Wildman–Crippen MR) is 43.1 cm³/mol. The summed E-state index contributed by atoms with van der Waals surface area (Å²) in [4.78, 5) is 1.86. The molecule has 60 valence electrons. The summed E-state index contributed by atoms with van der Waals surface area (Å²) >= 11 is 0. The zero-order valence-corrected chi connectivity index (χ0v) is 6.43. The van der Waals surface area contributed by atoms with E-state index in [9.17, 15) is 0 Å². The zero-order chi connectivity index (χ0) is 7.98. The van der Waals surface area contributed by atoms with E-state index in [2.05, 4.69) is 0 Å². The molecule has 0 radical (unpaired) electrons. The molecule has 0 heterocycles. The van der Waals surface area contributed by atoms with Gasteiger partial charge in [-0.3, -0.25) is 5.41 Å². The van der Waals surface area contributed by atoms with Gasteiger partial charge in [-0.1, -0.05) is 0 Å². The number of rotatable bonds is 4. The lowest BCUT2D eigenvalue weighted by molar-refractivity contribution is 0.433. The van der Waals surface area contributed by atoms with E-state index in [4.69, 9.17) is 16.9 Å². The molecule has 0 aliphatic rings. The highest BCUT2D eigenvalue weighted by molar-refractivity contribution is 5.76. The molecule has 0 rings (SSSR count). The second-order valence-electron chi connectivity index (χ2n) is 2.15. The minimum Gasteiger partial charge on any atom is -0.358 e. The summed E-state index contributed by atoms with van der Waals surface area (Å²) < 4.78 is 0. The summed E-state index contributed by atoms with van der Waals surface area (Å²) in [6.45, 7) is 4.36. The van der Waals surface area contributed by atoms with Crippen molar-refractivity contribution in [1.29, 1.82) is 5.41 Å². The number of nitrogens with zero attached hydrogens (tertiary/aromatic N) is 1. The Kier molecular flexibility index (Phi) is 4.88. The van der Waals surface area contributed by atoms with Crippen molar-refractivity contribution < 1.29 is 0 Å². The third-order valence-electron chi connectivity index (χ3n) is 1.27. The van der Waals surface area contributed by atoms with Gasteiger partial charge < -0.3 is 16.4 Å². The highest BCUT2D eigenvalue weighted by Gasteiger charge is 2.00. The number of hydrogen-bond donors (Lipinski definition) is 3. The monoisotopic (exact) mass is 144 g/mol. The van der Waals surface area contributed by atoms with Gasteiger partial charge in [0.05, 0.1) is 5.84 Å². The molecule has 0 unspecified atom stereocenters. The van der Waals surface area contributed by atoms with Crippen LogP contribution < -0.4 is 11.5 Å². The Bertz CT molecular complexity index is 95.9. The maximum absolute atomic E-state index is 7.27. The summed E-state index contributed by atoms with van der Waals surface area (Å²) in [5, 5.41) is 7.27. The summed E-state index contributed by atoms with van der Waals surface area (Å²) in [5.41, 5.74) is 10.6. The van der Waals surface area contributed by atoms with Gasteiger partial charge in [-0.05, 0) is 6.92 Å². The first kappa shape index (κ1) is 9.39. The van der Waals surface area contributed by atoms with Crippen molar-refractivity contribution >= 4 is 5.84 Å². The van der Waals surface area contributed by atoms with Crippen molar-refractivity contribution in [1.82, 2.24) is 4.90 Å². The van der Waals surface area contributed by atoms with Crippen molar-refractivity contribution in [2.45, 2.75) is 6.92 Å². The number of nitrogens with two attached hydrogens (primary N) is 2. The molecule has 0 atom stereocenters. The smallest absolute Gasteiger partial charge is 0.0926 e. The van der Waals surface area contributed by atoms with E-state index in [1.807, 2.05) is 4.90 Å². The fraction of sp³-hybridized carbons (Fsp3) is 0.833. The molecular weight excluding hydrogens is 128 g/mol. The van der Waals surface area contributed by atoms with Gasteiger partial charge in [0.2, 0.25) is 0 Å². The van der Waals surface area contributed by atoms with Crippen LogP contribution in [-0.4, -0.2) is 36.9 Å². The number of amidine groups is 1. The molecule has 4 nitrogen and oxygen atoms in total. The van der Waals surface area contributed by atoms with Crippen molar-refractivity contribution in [3.05, 3.63) is 0 Å². The third-order valence-corrected chi connectivity index (χ3v) is 1.27. The Morgan fingerprint density at radius 1 is 1.30 bits per heavy atom. The lowest BCUT2D eigenvalue weighted by atomic mass is 10.4. The van der Waals surface area contributed by atoms with Gasteiger partial charge in [0.1, 0.15) is 0 Å². The molecule has 4 heteroatoms. The van der Waals surface area contributed by atoms with E-state index in [0.717, 1.165) is 13.1 Å². The molecule has 0 aromatic rings. The van der Waals surface area contributed by atoms with Crippen LogP contribution in [0.1, 0.15) is 6.92 Å². The SMILES string of the molecule is CC(=N)N(CCN)CCN. The van der Waals surface area contributed by atoms with E-state index in [1.165, 1.54) is 0 Å². The average molecular weight is 144 g/mol. The van der Waals surface area contributed by atoms with Gasteiger partial charge >= 0.3 is 0 Å². The van der Waals surface area contributed by atoms with Crippen LogP contribution >= 0.6 is 0 Å². The fourth-order valence-electron chi connectivity index (χ4n) is 0.759. The minimum atomic E-state index is 0.538. The van der Waals surface area contributed by atoms with Crippen LogP contribution in [-0.2, 0) is 0 Å². The van der Waals surface area contributed by atoms with Gasteiger partial charge in [-0.2, -0.15) is 0 Å². The second kappa shape index (κ2) is 5.20. The molecular formula is C6H16N4. The summed E-state index contributed by atoms with van der Waals surface area (Å²) in [5.74, 6) is 0.538. The summed E-state index contributed by atoms with van der Waals surface area (Å²) in [7, 11) is 0. The molecule has 0 saturated carbocycles. The van der Waals surface area contributed by atoms with Gasteiger partial charge in [0, 0.05) is 26.2 Å². The van der Waals surface area contributed by atoms with Crippen LogP contribution in [0.2, 0.25) is 0 Å². The highest BCUT2D eigenvalue weighted by atomic mass is 15.2. The van der Waals surface area contributed by atoms with E-state index in [0.29, 0.717) is 18.9 Å². The van der Waals surface area contributed by atoms with Gasteiger partial charge in [0.15, 0.2) is 0 Å². The van der Waals surface area contributed by atoms with E-state index in [-0.39, 0.29) is 0 Å². The highest BCUT2D eigenvalue weighted by Crippen LogP contribution is 1.85. The lowest BCUT2D eigenvalue weighted by Gasteiger charge is -2.21. The minimum absolute atomic E-state index is 0.538. The van der Waals surface area contributed by atoms with Crippen LogP contribution in [0, 0.1) is 5.41 Å². The Balaban J connectivity index is 3.61. The van der Waals surface area contributed by atoms with Crippen LogP contribution in [0.3, 0.4) is 0 Å². The molecule has 0 aromatic heterocycles. The fourth-order valence-corrected chi connectivity index (χ4v) is 0.759. The molecule has 0 amide bonds. The molecule has 0 fully saturated rings. The first-order valence-corrected chi connectivity index (χ1v) is 3.42. The Morgan fingerprint density at radius 2 is 1.70 bits per heavy atom. The number of hydrogen-bond acceptors (Lipinski definition) is 3. The molecule has 5 N–H and O–H groups in total. The molecule has 0 aliphatic heterocycles. The first-order valence-electron chi connectivity index (χ1n) is 3.42. The molecule has 0 saturated heterocycles. The maximum atomic E-state index is 7.27. The first-order chi connectivity index (χ1) is 4.72. The third kappa shape index (κ3) is 3.42. The van der Waals surface area contributed by atoms with Gasteiger partial charge in [-0.15, -0.1) is 0 Å². The topological polar surface area (TPSA) is 79.1 Å². The van der Waals surface area contributed by atoms with Crippen LogP contribution in [0.15, 0.2) is 0 Å². The molecule has 0 aliphatic carbocycles. The lowest BCUT2D eigenvalue weighted by Crippen LogP contribution is -2.36. The normalized spacial score (nSPS) is 9.50. The Hall–Kier alpha value is -0.610. The van der Waals surface area contributed by atoms with Gasteiger partial charge in [-0.25, -0.2) is 0 Å². The van der Waals surface area contributed by atoms with E-state index >= 15 is 0 Å². The van der Waals surface area contributed by atoms with E-state index in [1.54, 1.807) is 6.92 Å². The van der Waals surface area contributed by atoms with Crippen molar-refractivity contribution in [3.63, 3.8) is 0 Å². The largest absolute Gasteiger partial charge is 0.358 e. The summed E-state index contributed by atoms with van der Waals surface area (Å²) in [6.07, 6.45) is 0. The molecule has 0 aromatic carbocycles. The van der Waals surface area contributed by atoms with Gasteiger partial charge in [0.25, 0.3) is 0 Å². The van der Waals surface area contributed by atoms with Crippen molar-refractivity contribution in [2.75, 3.05) is 26.2 Å². The second-order valence-corrected chi connectivity index (χ2v) is 2.15. The Labute approximate surface area is 61.7 Å². The average Bonchev–Trinajstić information content (AvgIpc) is 1.87. The van der Waals surface area contributed by atoms with Crippen LogP contribution in [0.25, 0.3) is 0 Å². The van der Waals surface area contributed by atoms with Crippen LogP contribution in [0.5, 0.6) is 0 Å². The van der Waals surface area contributed by atoms with Crippen molar-refractivity contribution in [3.8, 4) is 0 Å². The van der Waals surface area contributed by atoms with E-state index < -0.39 is 0 Å². The predicted octanol–water partition coefficient (Wildman–Crippen LogP) is -0.797. The molecule has 0 spiro atoms. The standard InChI is InChI=1S/C6H16N4/c1-6(9)10(4-2-7)5-3-8/h9H,2-5,7-8H2,1H3. The Morgan fingerprint density at radius 3 is 1.90 bits per heavy atom. The molecule has 10 heavy (non-hydrogen) atoms. The zero-order valence-electron chi connectivity index (χ0n) is 6.43. The maximum Gasteiger partial charge on any atom is 0.0926 e. The summed E-state index contributed by atoms with van der Waals surface area (Å²) in [6, 6.07) is 0. The van der Waals surface area contributed by atoms with Crippen molar-refractivity contribution in [2.24, 2.45) is 11.5 Å². The van der Waals surface area contributed by atoms with Crippen LogP contribution in [0.4, 0.5) is 0 Å². The quantitative estimate of drug-likeness (QED) is 0.357.